The van der Waals surface area contributed by atoms with Crippen LogP contribution in [-0.4, -0.2) is 16.0 Å². The van der Waals surface area contributed by atoms with Crippen LogP contribution in [0.1, 0.15) is 11.1 Å². The summed E-state index contributed by atoms with van der Waals surface area (Å²) in [7, 11) is 0. The predicted molar refractivity (Wildman–Crippen MR) is 102 cm³/mol. The first kappa shape index (κ1) is 17.3. The zero-order valence-corrected chi connectivity index (χ0v) is 13.9. The first-order valence-electron chi connectivity index (χ1n) is 8.05. The van der Waals surface area contributed by atoms with Gasteiger partial charge in [0.1, 0.15) is 5.75 Å². The van der Waals surface area contributed by atoms with Crippen LogP contribution in [0.15, 0.2) is 94.2 Å². The summed E-state index contributed by atoms with van der Waals surface area (Å²) in [6.45, 7) is -0.122. The van der Waals surface area contributed by atoms with Gasteiger partial charge in [-0.1, -0.05) is 60.7 Å². The van der Waals surface area contributed by atoms with Crippen molar-refractivity contribution < 1.29 is 10.2 Å². The van der Waals surface area contributed by atoms with Gasteiger partial charge < -0.3 is 10.2 Å². The van der Waals surface area contributed by atoms with Crippen LogP contribution in [0.25, 0.3) is 0 Å². The Morgan fingerprint density at radius 2 is 1.54 bits per heavy atom. The Kier molecular flexibility index (Phi) is 5.69. The summed E-state index contributed by atoms with van der Waals surface area (Å²) in [5, 5.41) is 32.0. The molecule has 0 fully saturated rings. The molecular weight excluding hydrogens is 328 g/mol. The number of amidine groups is 1. The van der Waals surface area contributed by atoms with Gasteiger partial charge in [-0.3, -0.25) is 5.43 Å². The number of nitrogens with zero attached hydrogens (tertiary/aromatic N) is 3. The summed E-state index contributed by atoms with van der Waals surface area (Å²) >= 11 is 0. The number of nitrogens with one attached hydrogen (secondary N) is 1. The van der Waals surface area contributed by atoms with Crippen molar-refractivity contribution in [2.45, 2.75) is 6.61 Å². The maximum atomic E-state index is 9.86. The van der Waals surface area contributed by atoms with E-state index in [9.17, 15) is 10.2 Å². The minimum absolute atomic E-state index is 0.0891. The summed E-state index contributed by atoms with van der Waals surface area (Å²) in [6.07, 6.45) is 0. The van der Waals surface area contributed by atoms with Crippen molar-refractivity contribution in [3.8, 4) is 5.75 Å². The Balaban J connectivity index is 1.93. The average molecular weight is 346 g/mol. The number of para-hydroxylation sites is 2. The van der Waals surface area contributed by atoms with Gasteiger partial charge in [-0.25, -0.2) is 0 Å². The topological polar surface area (TPSA) is 89.6 Å². The van der Waals surface area contributed by atoms with Crippen molar-refractivity contribution in [2.24, 2.45) is 15.3 Å². The quantitative estimate of drug-likeness (QED) is 0.210. The fraction of sp³-hybridized carbons (Fsp3) is 0.0500. The molecule has 0 heterocycles. The van der Waals surface area contributed by atoms with Gasteiger partial charge in [0.15, 0.2) is 0 Å². The zero-order valence-electron chi connectivity index (χ0n) is 13.9. The predicted octanol–water partition coefficient (Wildman–Crippen LogP) is 4.44. The lowest BCUT2D eigenvalue weighted by atomic mass is 10.2. The summed E-state index contributed by atoms with van der Waals surface area (Å²) in [6, 6.07) is 23.4. The molecule has 130 valence electrons. The van der Waals surface area contributed by atoms with Gasteiger partial charge in [-0.2, -0.15) is 5.10 Å². The summed E-state index contributed by atoms with van der Waals surface area (Å²) < 4.78 is 0. The number of aliphatic hydroxyl groups excluding tert-OH is 1. The second-order valence-electron chi connectivity index (χ2n) is 5.42. The molecule has 0 aliphatic heterocycles. The van der Waals surface area contributed by atoms with Gasteiger partial charge in [-0.05, 0) is 18.2 Å². The van der Waals surface area contributed by atoms with Gasteiger partial charge in [0, 0.05) is 11.1 Å². The maximum Gasteiger partial charge on any atom is 0.201 e. The molecule has 0 bridgehead atoms. The van der Waals surface area contributed by atoms with Crippen molar-refractivity contribution >= 4 is 17.2 Å². The van der Waals surface area contributed by atoms with Gasteiger partial charge in [0.05, 0.1) is 18.0 Å². The molecule has 0 aromatic heterocycles. The molecule has 0 aliphatic carbocycles. The number of aliphatic hydroxyl groups is 1. The van der Waals surface area contributed by atoms with Crippen LogP contribution >= 0.6 is 0 Å². The van der Waals surface area contributed by atoms with E-state index < -0.39 is 0 Å². The Labute approximate surface area is 151 Å². The molecular formula is C20H18N4O2. The summed E-state index contributed by atoms with van der Waals surface area (Å²) in [5.74, 6) is 0.438. The van der Waals surface area contributed by atoms with Crippen LogP contribution in [0.4, 0.5) is 11.4 Å². The Hall–Kier alpha value is -3.51. The van der Waals surface area contributed by atoms with E-state index in [1.807, 2.05) is 42.5 Å². The van der Waals surface area contributed by atoms with Crippen molar-refractivity contribution in [1.29, 1.82) is 0 Å². The molecule has 3 rings (SSSR count). The molecule has 0 saturated heterocycles. The second kappa shape index (κ2) is 8.55. The second-order valence-corrected chi connectivity index (χ2v) is 5.42. The van der Waals surface area contributed by atoms with Crippen LogP contribution in [0.3, 0.4) is 0 Å². The van der Waals surface area contributed by atoms with Crippen LogP contribution in [0.2, 0.25) is 0 Å². The SMILES string of the molecule is OCc1ccccc1N=NC(=NNc1ccccc1O)c1ccccc1. The maximum absolute atomic E-state index is 9.86. The molecule has 6 heteroatoms. The largest absolute Gasteiger partial charge is 0.506 e. The fourth-order valence-corrected chi connectivity index (χ4v) is 2.26. The minimum Gasteiger partial charge on any atom is -0.506 e. The highest BCUT2D eigenvalue weighted by molar-refractivity contribution is 5.99. The lowest BCUT2D eigenvalue weighted by molar-refractivity contribution is 0.282. The summed E-state index contributed by atoms with van der Waals surface area (Å²) in [5.41, 5.74) is 5.29. The number of anilines is 1. The van der Waals surface area contributed by atoms with E-state index in [2.05, 4.69) is 20.8 Å². The zero-order chi connectivity index (χ0) is 18.2. The highest BCUT2D eigenvalue weighted by atomic mass is 16.3. The molecule has 3 aromatic carbocycles. The van der Waals surface area contributed by atoms with E-state index in [0.29, 0.717) is 22.8 Å². The molecule has 3 aromatic rings. The van der Waals surface area contributed by atoms with Crippen molar-refractivity contribution in [1.82, 2.24) is 0 Å². The number of phenolic OH excluding ortho intramolecular Hbond substituents is 1. The molecule has 0 spiro atoms. The van der Waals surface area contributed by atoms with Crippen molar-refractivity contribution in [3.63, 3.8) is 0 Å². The molecule has 0 amide bonds. The Bertz CT molecular complexity index is 924. The standard InChI is InChI=1S/C20H18N4O2/c25-14-16-10-4-5-11-17(16)21-23-20(15-8-2-1-3-9-15)24-22-18-12-6-7-13-19(18)26/h1-13,22,25-26H,14H2. The number of phenols is 1. The molecule has 6 nitrogen and oxygen atoms in total. The first-order valence-corrected chi connectivity index (χ1v) is 8.05. The number of benzene rings is 3. The Morgan fingerprint density at radius 1 is 0.846 bits per heavy atom. The molecule has 3 N–H and O–H groups in total. The lowest BCUT2D eigenvalue weighted by Gasteiger charge is -2.05. The lowest BCUT2D eigenvalue weighted by Crippen LogP contribution is -2.01. The van der Waals surface area contributed by atoms with Crippen molar-refractivity contribution in [2.75, 3.05) is 5.43 Å². The third-order valence-corrected chi connectivity index (χ3v) is 3.63. The van der Waals surface area contributed by atoms with Gasteiger partial charge >= 0.3 is 0 Å². The van der Waals surface area contributed by atoms with E-state index in [4.69, 9.17) is 0 Å². The number of aromatic hydroxyl groups is 1. The van der Waals surface area contributed by atoms with Crippen molar-refractivity contribution in [3.05, 3.63) is 90.0 Å². The normalized spacial score (nSPS) is 11.7. The highest BCUT2D eigenvalue weighted by Gasteiger charge is 2.05. The monoisotopic (exact) mass is 346 g/mol. The van der Waals surface area contributed by atoms with Crippen LogP contribution in [-0.2, 0) is 6.61 Å². The molecule has 0 unspecified atom stereocenters. The molecule has 0 radical (unpaired) electrons. The van der Waals surface area contributed by atoms with E-state index in [-0.39, 0.29) is 12.4 Å². The number of hydrogen-bond acceptors (Lipinski definition) is 5. The van der Waals surface area contributed by atoms with Gasteiger partial charge in [0.25, 0.3) is 0 Å². The molecule has 0 aliphatic rings. The number of hydrogen-bond donors (Lipinski definition) is 3. The average Bonchev–Trinajstić information content (AvgIpc) is 2.70. The van der Waals surface area contributed by atoms with E-state index >= 15 is 0 Å². The third kappa shape index (κ3) is 4.31. The van der Waals surface area contributed by atoms with Crippen LogP contribution in [0.5, 0.6) is 5.75 Å². The van der Waals surface area contributed by atoms with Crippen LogP contribution < -0.4 is 5.43 Å². The minimum atomic E-state index is -0.122. The Morgan fingerprint density at radius 3 is 2.31 bits per heavy atom. The van der Waals surface area contributed by atoms with Gasteiger partial charge in [-0.15, -0.1) is 10.2 Å². The number of rotatable bonds is 5. The molecule has 0 atom stereocenters. The smallest absolute Gasteiger partial charge is 0.201 e. The number of hydrazone groups is 1. The third-order valence-electron chi connectivity index (χ3n) is 3.63. The molecule has 26 heavy (non-hydrogen) atoms. The fourth-order valence-electron chi connectivity index (χ4n) is 2.26. The molecule has 0 saturated carbocycles. The van der Waals surface area contributed by atoms with E-state index in [1.165, 1.54) is 0 Å². The first-order chi connectivity index (χ1) is 12.8. The number of azo groups is 1. The van der Waals surface area contributed by atoms with Crippen LogP contribution in [0, 0.1) is 0 Å². The van der Waals surface area contributed by atoms with E-state index in [0.717, 1.165) is 5.56 Å². The van der Waals surface area contributed by atoms with E-state index in [1.54, 1.807) is 36.4 Å². The summed E-state index contributed by atoms with van der Waals surface area (Å²) in [4.78, 5) is 0. The highest BCUT2D eigenvalue weighted by Crippen LogP contribution is 2.22. The van der Waals surface area contributed by atoms with Gasteiger partial charge in [0.2, 0.25) is 5.84 Å².